The van der Waals surface area contributed by atoms with Crippen LogP contribution in [-0.2, 0) is 10.5 Å². The average molecular weight is 451 g/mol. The summed E-state index contributed by atoms with van der Waals surface area (Å²) in [6, 6.07) is 17.8. The van der Waals surface area contributed by atoms with E-state index in [1.807, 2.05) is 55.5 Å². The number of ether oxygens (including phenoxy) is 1. The van der Waals surface area contributed by atoms with Gasteiger partial charge in [-0.25, -0.2) is 0 Å². The molecule has 0 spiro atoms. The number of nitriles is 1. The van der Waals surface area contributed by atoms with Gasteiger partial charge in [0.2, 0.25) is 0 Å². The molecule has 158 valence electrons. The first-order valence-electron chi connectivity index (χ1n) is 10.4. The first-order valence-corrected chi connectivity index (χ1v) is 11.8. The van der Waals surface area contributed by atoms with Crippen LogP contribution in [0.1, 0.15) is 43.2 Å². The van der Waals surface area contributed by atoms with E-state index in [-0.39, 0.29) is 5.78 Å². The minimum atomic E-state index is -0.425. The summed E-state index contributed by atoms with van der Waals surface area (Å²) >= 11 is 7.88. The number of nitrogens with one attached hydrogen (secondary N) is 1. The number of carbonyl (C=O) groups is 1. The molecule has 6 heteroatoms. The quantitative estimate of drug-likeness (QED) is 0.576. The zero-order valence-corrected chi connectivity index (χ0v) is 18.9. The van der Waals surface area contributed by atoms with Crippen molar-refractivity contribution in [3.63, 3.8) is 0 Å². The zero-order chi connectivity index (χ0) is 21.8. The molecule has 4 rings (SSSR count). The highest BCUT2D eigenvalue weighted by atomic mass is 35.5. The van der Waals surface area contributed by atoms with Crippen molar-refractivity contribution in [2.75, 3.05) is 6.61 Å². The van der Waals surface area contributed by atoms with Crippen LogP contribution in [0.2, 0.25) is 5.02 Å². The summed E-state index contributed by atoms with van der Waals surface area (Å²) in [5.41, 5.74) is 4.05. The third-order valence-electron chi connectivity index (χ3n) is 5.52. The van der Waals surface area contributed by atoms with Crippen molar-refractivity contribution in [1.29, 1.82) is 5.26 Å². The summed E-state index contributed by atoms with van der Waals surface area (Å²) in [5.74, 6) is 1.02. The summed E-state index contributed by atoms with van der Waals surface area (Å²) in [6.45, 7) is 2.45. The lowest BCUT2D eigenvalue weighted by molar-refractivity contribution is -0.116. The Morgan fingerprint density at radius 3 is 2.74 bits per heavy atom. The lowest BCUT2D eigenvalue weighted by Crippen LogP contribution is -2.31. The molecule has 0 unspecified atom stereocenters. The molecule has 0 saturated carbocycles. The normalized spacial score (nSPS) is 18.4. The Balaban J connectivity index is 1.79. The molecule has 2 aliphatic rings. The summed E-state index contributed by atoms with van der Waals surface area (Å²) in [6.07, 6.45) is 2.12. The monoisotopic (exact) mass is 450 g/mol. The number of halogens is 1. The van der Waals surface area contributed by atoms with Crippen LogP contribution in [0.3, 0.4) is 0 Å². The minimum Gasteiger partial charge on any atom is -0.494 e. The number of nitrogens with zero attached hydrogens (tertiary/aromatic N) is 1. The summed E-state index contributed by atoms with van der Waals surface area (Å²) in [5, 5.41) is 15.1. The molecule has 1 aliphatic carbocycles. The Morgan fingerprint density at radius 1 is 1.19 bits per heavy atom. The molecule has 1 heterocycles. The molecule has 2 aromatic rings. The van der Waals surface area contributed by atoms with E-state index in [4.69, 9.17) is 16.3 Å². The number of allylic oxidation sites excluding steroid dienone is 3. The van der Waals surface area contributed by atoms with Gasteiger partial charge in [-0.15, -0.1) is 11.8 Å². The Morgan fingerprint density at radius 2 is 1.97 bits per heavy atom. The van der Waals surface area contributed by atoms with Crippen molar-refractivity contribution in [2.24, 2.45) is 0 Å². The van der Waals surface area contributed by atoms with Gasteiger partial charge in [-0.1, -0.05) is 48.0 Å². The molecular weight excluding hydrogens is 428 g/mol. The molecule has 0 aromatic heterocycles. The highest BCUT2D eigenvalue weighted by molar-refractivity contribution is 8.02. The molecule has 2 aromatic carbocycles. The predicted octanol–water partition coefficient (Wildman–Crippen LogP) is 6.10. The van der Waals surface area contributed by atoms with E-state index in [1.54, 1.807) is 11.8 Å². The predicted molar refractivity (Wildman–Crippen MR) is 125 cm³/mol. The van der Waals surface area contributed by atoms with Gasteiger partial charge in [0.25, 0.3) is 0 Å². The standard InChI is InChI=1S/C25H23ClN2O2S/c1-2-30-22-13-6-4-9-17(22)23-18(14-27)25(28-20-11-7-12-21(29)24(20)23)31-15-16-8-3-5-10-19(16)26/h3-6,8-10,13,23,28H,2,7,11-12,15H2,1H3/t23-/m1/s1. The van der Waals surface area contributed by atoms with Crippen LogP contribution >= 0.6 is 23.4 Å². The highest BCUT2D eigenvalue weighted by Crippen LogP contribution is 2.46. The van der Waals surface area contributed by atoms with Gasteiger partial charge in [0, 0.05) is 34.0 Å². The average Bonchev–Trinajstić information content (AvgIpc) is 2.78. The number of carbonyl (C=O) groups excluding carboxylic acids is 1. The van der Waals surface area contributed by atoms with Crippen molar-refractivity contribution in [1.82, 2.24) is 5.32 Å². The Bertz CT molecular complexity index is 1120. The fourth-order valence-corrected chi connectivity index (χ4v) is 5.47. The number of hydrogen-bond donors (Lipinski definition) is 1. The second kappa shape index (κ2) is 9.64. The third kappa shape index (κ3) is 4.37. The molecule has 0 fully saturated rings. The minimum absolute atomic E-state index is 0.105. The van der Waals surface area contributed by atoms with E-state index in [9.17, 15) is 10.1 Å². The van der Waals surface area contributed by atoms with Crippen molar-refractivity contribution < 1.29 is 9.53 Å². The smallest absolute Gasteiger partial charge is 0.161 e. The number of benzene rings is 2. The van der Waals surface area contributed by atoms with Crippen LogP contribution in [0.15, 0.2) is 70.4 Å². The number of dihydropyridines is 1. The number of hydrogen-bond acceptors (Lipinski definition) is 5. The first-order chi connectivity index (χ1) is 15.1. The van der Waals surface area contributed by atoms with Gasteiger partial charge in [0.05, 0.1) is 29.2 Å². The second-order valence-corrected chi connectivity index (χ2v) is 8.83. The van der Waals surface area contributed by atoms with E-state index in [1.165, 1.54) is 0 Å². The fraction of sp³-hybridized carbons (Fsp3) is 0.280. The van der Waals surface area contributed by atoms with Crippen LogP contribution < -0.4 is 10.1 Å². The number of rotatable bonds is 6. The summed E-state index contributed by atoms with van der Waals surface area (Å²) < 4.78 is 5.87. The topological polar surface area (TPSA) is 62.1 Å². The highest BCUT2D eigenvalue weighted by Gasteiger charge is 2.38. The van der Waals surface area contributed by atoms with E-state index >= 15 is 0 Å². The maximum atomic E-state index is 13.0. The lowest BCUT2D eigenvalue weighted by atomic mass is 9.76. The molecule has 0 bridgehead atoms. The molecule has 0 radical (unpaired) electrons. The Hall–Kier alpha value is -2.68. The molecule has 1 N–H and O–H groups in total. The van der Waals surface area contributed by atoms with Crippen LogP contribution in [0, 0.1) is 11.3 Å². The van der Waals surface area contributed by atoms with E-state index in [2.05, 4.69) is 11.4 Å². The number of thioether (sulfide) groups is 1. The molecule has 0 saturated heterocycles. The van der Waals surface area contributed by atoms with Crippen LogP contribution in [0.25, 0.3) is 0 Å². The van der Waals surface area contributed by atoms with Gasteiger partial charge in [0.15, 0.2) is 5.78 Å². The second-order valence-electron chi connectivity index (χ2n) is 7.43. The van der Waals surface area contributed by atoms with Gasteiger partial charge in [-0.05, 0) is 37.5 Å². The number of para-hydroxylation sites is 1. The summed E-state index contributed by atoms with van der Waals surface area (Å²) in [7, 11) is 0. The fourth-order valence-electron chi connectivity index (χ4n) is 4.12. The lowest BCUT2D eigenvalue weighted by Gasteiger charge is -2.34. The SMILES string of the molecule is CCOc1ccccc1[C@@H]1C(C#N)=C(SCc2ccccc2Cl)NC2=C1C(=O)CCC2. The van der Waals surface area contributed by atoms with E-state index < -0.39 is 5.92 Å². The van der Waals surface area contributed by atoms with Gasteiger partial charge in [0.1, 0.15) is 5.75 Å². The molecular formula is C25H23ClN2O2S. The largest absolute Gasteiger partial charge is 0.494 e. The van der Waals surface area contributed by atoms with Gasteiger partial charge in [-0.2, -0.15) is 5.26 Å². The van der Waals surface area contributed by atoms with Gasteiger partial charge < -0.3 is 10.1 Å². The molecule has 1 aliphatic heterocycles. The molecule has 0 amide bonds. The number of Topliss-reactive ketones (excluding diaryl/α,β-unsaturated/α-hetero) is 1. The van der Waals surface area contributed by atoms with Crippen molar-refractivity contribution >= 4 is 29.1 Å². The van der Waals surface area contributed by atoms with Crippen LogP contribution in [-0.4, -0.2) is 12.4 Å². The molecule has 31 heavy (non-hydrogen) atoms. The van der Waals surface area contributed by atoms with E-state index in [0.717, 1.165) is 34.7 Å². The Labute approximate surface area is 191 Å². The summed E-state index contributed by atoms with van der Waals surface area (Å²) in [4.78, 5) is 13.0. The molecule has 1 atom stereocenters. The third-order valence-corrected chi connectivity index (χ3v) is 6.96. The van der Waals surface area contributed by atoms with Crippen LogP contribution in [0.4, 0.5) is 0 Å². The van der Waals surface area contributed by atoms with Gasteiger partial charge in [-0.3, -0.25) is 4.79 Å². The first kappa shape index (κ1) is 21.5. The zero-order valence-electron chi connectivity index (χ0n) is 17.3. The maximum Gasteiger partial charge on any atom is 0.161 e. The Kier molecular flexibility index (Phi) is 6.70. The van der Waals surface area contributed by atoms with E-state index in [0.29, 0.717) is 40.7 Å². The van der Waals surface area contributed by atoms with Gasteiger partial charge >= 0.3 is 0 Å². The molecule has 4 nitrogen and oxygen atoms in total. The maximum absolute atomic E-state index is 13.0. The van der Waals surface area contributed by atoms with Crippen molar-refractivity contribution in [2.45, 2.75) is 37.9 Å². The van der Waals surface area contributed by atoms with Crippen molar-refractivity contribution in [3.05, 3.63) is 86.6 Å². The van der Waals surface area contributed by atoms with Crippen LogP contribution in [0.5, 0.6) is 5.75 Å². The van der Waals surface area contributed by atoms with Crippen molar-refractivity contribution in [3.8, 4) is 11.8 Å². The number of ketones is 1.